The summed E-state index contributed by atoms with van der Waals surface area (Å²) in [5, 5.41) is 10.9. The first-order chi connectivity index (χ1) is 12.1. The largest absolute Gasteiger partial charge is 0.494 e. The molecule has 6 nitrogen and oxygen atoms in total. The molecule has 7 heteroatoms. The zero-order chi connectivity index (χ0) is 17.6. The molecule has 0 fully saturated rings. The number of anilines is 2. The average Bonchev–Trinajstić information content (AvgIpc) is 2.61. The van der Waals surface area contributed by atoms with E-state index in [1.807, 2.05) is 31.2 Å². The SMILES string of the molecule is CCOc1ccc(Nc2nnc(Cc3ccc(F)cc3)c(=O)[nH]2)cc1. The topological polar surface area (TPSA) is 79.9 Å². The molecule has 3 aromatic rings. The molecule has 3 rings (SSSR count). The summed E-state index contributed by atoms with van der Waals surface area (Å²) in [6, 6.07) is 13.2. The molecule has 0 saturated carbocycles. The van der Waals surface area contributed by atoms with Crippen LogP contribution in [0.4, 0.5) is 16.0 Å². The van der Waals surface area contributed by atoms with E-state index in [4.69, 9.17) is 4.74 Å². The fourth-order valence-corrected chi connectivity index (χ4v) is 2.27. The Bertz CT molecular complexity index is 892. The summed E-state index contributed by atoms with van der Waals surface area (Å²) in [6.07, 6.45) is 0.284. The lowest BCUT2D eigenvalue weighted by atomic mass is 10.1. The summed E-state index contributed by atoms with van der Waals surface area (Å²) in [6.45, 7) is 2.51. The number of H-pyrrole nitrogens is 1. The number of halogens is 1. The Morgan fingerprint density at radius 1 is 1.08 bits per heavy atom. The Morgan fingerprint density at radius 2 is 1.80 bits per heavy atom. The number of nitrogens with zero attached hydrogens (tertiary/aromatic N) is 2. The van der Waals surface area contributed by atoms with E-state index in [1.54, 1.807) is 12.1 Å². The van der Waals surface area contributed by atoms with Crippen molar-refractivity contribution in [2.24, 2.45) is 0 Å². The van der Waals surface area contributed by atoms with E-state index < -0.39 is 0 Å². The van der Waals surface area contributed by atoms with Crippen molar-refractivity contribution in [2.75, 3.05) is 11.9 Å². The maximum Gasteiger partial charge on any atom is 0.274 e. The molecular formula is C18H17FN4O2. The molecule has 0 unspecified atom stereocenters. The van der Waals surface area contributed by atoms with Crippen LogP contribution in [0.1, 0.15) is 18.2 Å². The average molecular weight is 340 g/mol. The summed E-state index contributed by atoms with van der Waals surface area (Å²) in [4.78, 5) is 14.8. The number of hydrogen-bond acceptors (Lipinski definition) is 5. The van der Waals surface area contributed by atoms with E-state index in [9.17, 15) is 9.18 Å². The van der Waals surface area contributed by atoms with Crippen molar-refractivity contribution in [3.05, 3.63) is 76.0 Å². The minimum Gasteiger partial charge on any atom is -0.494 e. The van der Waals surface area contributed by atoms with E-state index >= 15 is 0 Å². The third-order valence-electron chi connectivity index (χ3n) is 3.48. The van der Waals surface area contributed by atoms with E-state index in [0.29, 0.717) is 6.61 Å². The Labute approximate surface area is 143 Å². The van der Waals surface area contributed by atoms with Crippen molar-refractivity contribution in [1.29, 1.82) is 0 Å². The van der Waals surface area contributed by atoms with Crippen LogP contribution in [0, 0.1) is 5.82 Å². The highest BCUT2D eigenvalue weighted by Crippen LogP contribution is 2.17. The molecule has 25 heavy (non-hydrogen) atoms. The predicted molar refractivity (Wildman–Crippen MR) is 92.8 cm³/mol. The van der Waals surface area contributed by atoms with Crippen molar-refractivity contribution in [3.63, 3.8) is 0 Å². The molecule has 0 aliphatic carbocycles. The van der Waals surface area contributed by atoms with Crippen molar-refractivity contribution in [1.82, 2.24) is 15.2 Å². The maximum absolute atomic E-state index is 12.9. The molecule has 0 saturated heterocycles. The first-order valence-electron chi connectivity index (χ1n) is 7.84. The molecule has 2 aromatic carbocycles. The molecule has 0 spiro atoms. The first-order valence-corrected chi connectivity index (χ1v) is 7.84. The van der Waals surface area contributed by atoms with Crippen molar-refractivity contribution >= 4 is 11.6 Å². The fraction of sp³-hybridized carbons (Fsp3) is 0.167. The molecule has 2 N–H and O–H groups in total. The second kappa shape index (κ2) is 7.57. The summed E-state index contributed by atoms with van der Waals surface area (Å²) in [5.74, 6) is 0.693. The number of ether oxygens (including phenoxy) is 1. The Balaban J connectivity index is 1.70. The Kier molecular flexibility index (Phi) is 5.03. The van der Waals surface area contributed by atoms with Crippen molar-refractivity contribution < 1.29 is 9.13 Å². The first kappa shape index (κ1) is 16.6. The van der Waals surface area contributed by atoms with Gasteiger partial charge in [-0.3, -0.25) is 9.78 Å². The zero-order valence-electron chi connectivity index (χ0n) is 13.6. The highest BCUT2D eigenvalue weighted by Gasteiger charge is 2.07. The van der Waals surface area contributed by atoms with Crippen LogP contribution in [-0.4, -0.2) is 21.8 Å². The minimum atomic E-state index is -0.340. The van der Waals surface area contributed by atoms with Gasteiger partial charge in [0.1, 0.15) is 17.3 Å². The smallest absolute Gasteiger partial charge is 0.274 e. The number of hydrogen-bond donors (Lipinski definition) is 2. The van der Waals surface area contributed by atoms with Gasteiger partial charge < -0.3 is 10.1 Å². The van der Waals surface area contributed by atoms with Crippen LogP contribution in [0.25, 0.3) is 0 Å². The van der Waals surface area contributed by atoms with E-state index in [0.717, 1.165) is 17.0 Å². The van der Waals surface area contributed by atoms with Crippen molar-refractivity contribution in [2.45, 2.75) is 13.3 Å². The van der Waals surface area contributed by atoms with Crippen LogP contribution in [0.3, 0.4) is 0 Å². The summed E-state index contributed by atoms with van der Waals surface area (Å²) >= 11 is 0. The van der Waals surface area contributed by atoms with Gasteiger partial charge in [0.2, 0.25) is 5.95 Å². The second-order valence-electron chi connectivity index (χ2n) is 5.34. The lowest BCUT2D eigenvalue weighted by Crippen LogP contribution is -2.18. The van der Waals surface area contributed by atoms with Crippen molar-refractivity contribution in [3.8, 4) is 5.75 Å². The number of benzene rings is 2. The van der Waals surface area contributed by atoms with Crippen LogP contribution < -0.4 is 15.6 Å². The van der Waals surface area contributed by atoms with Gasteiger partial charge >= 0.3 is 0 Å². The molecule has 0 aliphatic heterocycles. The second-order valence-corrected chi connectivity index (χ2v) is 5.34. The number of nitrogens with one attached hydrogen (secondary N) is 2. The van der Waals surface area contributed by atoms with E-state index in [1.165, 1.54) is 12.1 Å². The molecule has 0 atom stereocenters. The van der Waals surface area contributed by atoms with E-state index in [-0.39, 0.29) is 29.4 Å². The molecule has 0 bridgehead atoms. The van der Waals surface area contributed by atoms with Gasteiger partial charge in [-0.15, -0.1) is 10.2 Å². The Hall–Kier alpha value is -3.22. The van der Waals surface area contributed by atoms with Gasteiger partial charge in [-0.2, -0.15) is 0 Å². The third kappa shape index (κ3) is 4.41. The number of aromatic amines is 1. The van der Waals surface area contributed by atoms with Gasteiger partial charge in [0.25, 0.3) is 5.56 Å². The van der Waals surface area contributed by atoms with Crippen LogP contribution in [-0.2, 0) is 6.42 Å². The summed E-state index contributed by atoms with van der Waals surface area (Å²) < 4.78 is 18.3. The lowest BCUT2D eigenvalue weighted by Gasteiger charge is -2.07. The highest BCUT2D eigenvalue weighted by atomic mass is 19.1. The molecule has 128 valence electrons. The van der Waals surface area contributed by atoms with Crippen LogP contribution >= 0.6 is 0 Å². The fourth-order valence-electron chi connectivity index (χ4n) is 2.27. The van der Waals surface area contributed by atoms with Gasteiger partial charge in [-0.05, 0) is 48.9 Å². The van der Waals surface area contributed by atoms with Crippen LogP contribution in [0.15, 0.2) is 53.3 Å². The lowest BCUT2D eigenvalue weighted by molar-refractivity contribution is 0.340. The normalized spacial score (nSPS) is 10.5. The number of aromatic nitrogens is 3. The molecule has 1 heterocycles. The van der Waals surface area contributed by atoms with Gasteiger partial charge in [-0.1, -0.05) is 12.1 Å². The molecular weight excluding hydrogens is 323 g/mol. The summed E-state index contributed by atoms with van der Waals surface area (Å²) in [7, 11) is 0. The Morgan fingerprint density at radius 3 is 2.44 bits per heavy atom. The third-order valence-corrected chi connectivity index (χ3v) is 3.48. The molecule has 1 aromatic heterocycles. The summed E-state index contributed by atoms with van der Waals surface area (Å²) in [5.41, 5.74) is 1.46. The van der Waals surface area contributed by atoms with Gasteiger partial charge in [0.05, 0.1) is 6.61 Å². The van der Waals surface area contributed by atoms with Gasteiger partial charge in [-0.25, -0.2) is 4.39 Å². The standard InChI is InChI=1S/C18H17FN4O2/c1-2-25-15-9-7-14(8-10-15)20-18-21-17(24)16(22-23-18)11-12-3-5-13(19)6-4-12/h3-10H,2,11H2,1H3,(H2,20,21,23,24). The van der Waals surface area contributed by atoms with Gasteiger partial charge in [0, 0.05) is 12.1 Å². The maximum atomic E-state index is 12.9. The van der Waals surface area contributed by atoms with Crippen LogP contribution in [0.5, 0.6) is 5.75 Å². The van der Waals surface area contributed by atoms with E-state index in [2.05, 4.69) is 20.5 Å². The quantitative estimate of drug-likeness (QED) is 0.721. The molecule has 0 aliphatic rings. The van der Waals surface area contributed by atoms with Gasteiger partial charge in [0.15, 0.2) is 0 Å². The molecule has 0 amide bonds. The zero-order valence-corrected chi connectivity index (χ0v) is 13.6. The minimum absolute atomic E-state index is 0.247. The van der Waals surface area contributed by atoms with Crippen LogP contribution in [0.2, 0.25) is 0 Å². The number of rotatable bonds is 6. The molecule has 0 radical (unpaired) electrons. The monoisotopic (exact) mass is 340 g/mol. The highest BCUT2D eigenvalue weighted by molar-refractivity contribution is 5.54. The predicted octanol–water partition coefficient (Wildman–Crippen LogP) is 3.04.